The average Bonchev–Trinajstić information content (AvgIpc) is 3.39. The van der Waals surface area contributed by atoms with Crippen LogP contribution >= 0.6 is 0 Å². The van der Waals surface area contributed by atoms with Gasteiger partial charge in [-0.3, -0.25) is 14.9 Å². The topological polar surface area (TPSA) is 121 Å². The number of nitrogens with zero attached hydrogens (tertiary/aromatic N) is 4. The highest BCUT2D eigenvalue weighted by atomic mass is 32.2. The third-order valence-electron chi connectivity index (χ3n) is 5.80. The second-order valence-electron chi connectivity index (χ2n) is 7.90. The van der Waals surface area contributed by atoms with Gasteiger partial charge in [0.25, 0.3) is 5.91 Å². The first kappa shape index (κ1) is 21.2. The van der Waals surface area contributed by atoms with Crippen LogP contribution in [0.15, 0.2) is 72.1 Å². The highest BCUT2D eigenvalue weighted by Crippen LogP contribution is 2.26. The largest absolute Gasteiger partial charge is 0.349 e. The highest BCUT2D eigenvalue weighted by molar-refractivity contribution is 7.89. The number of pyridine rings is 2. The van der Waals surface area contributed by atoms with Gasteiger partial charge in [-0.25, -0.2) is 13.4 Å². The Morgan fingerprint density at radius 3 is 2.64 bits per heavy atom. The number of aromatic nitrogens is 4. The summed E-state index contributed by atoms with van der Waals surface area (Å²) in [5.74, 6) is -0.238. The lowest BCUT2D eigenvalue weighted by Crippen LogP contribution is -2.46. The molecule has 1 aromatic carbocycles. The number of carbonyl (C=O) groups is 1. The molecule has 9 nitrogen and oxygen atoms in total. The van der Waals surface area contributed by atoms with Crippen LogP contribution in [0.25, 0.3) is 22.2 Å². The summed E-state index contributed by atoms with van der Waals surface area (Å²) in [5, 5.41) is 10.7. The molecule has 0 radical (unpaired) electrons. The first-order valence-corrected chi connectivity index (χ1v) is 12.1. The monoisotopic (exact) mass is 462 g/mol. The SMILES string of the molecule is O=C(NC1CCN(S(=O)(=O)c2cccnc2)CC1)c1cc2ccccc2nc1-c1cn[nH]c1. The molecule has 33 heavy (non-hydrogen) atoms. The summed E-state index contributed by atoms with van der Waals surface area (Å²) in [7, 11) is -3.59. The molecule has 1 aliphatic rings. The lowest BCUT2D eigenvalue weighted by molar-refractivity contribution is 0.0924. The van der Waals surface area contributed by atoms with Crippen LogP contribution in [0.3, 0.4) is 0 Å². The number of amides is 1. The Balaban J connectivity index is 1.33. The zero-order valence-electron chi connectivity index (χ0n) is 17.7. The molecule has 0 aliphatic carbocycles. The van der Waals surface area contributed by atoms with Gasteiger partial charge in [0, 0.05) is 48.7 Å². The minimum absolute atomic E-state index is 0.137. The van der Waals surface area contributed by atoms with E-state index in [2.05, 4.69) is 20.5 Å². The summed E-state index contributed by atoms with van der Waals surface area (Å²) in [6.45, 7) is 0.652. The van der Waals surface area contributed by atoms with Gasteiger partial charge in [-0.05, 0) is 37.1 Å². The molecule has 5 rings (SSSR count). The molecule has 2 N–H and O–H groups in total. The molecule has 0 spiro atoms. The van der Waals surface area contributed by atoms with Crippen molar-refractivity contribution in [2.75, 3.05) is 13.1 Å². The summed E-state index contributed by atoms with van der Waals surface area (Å²) in [6.07, 6.45) is 7.28. The quantitative estimate of drug-likeness (QED) is 0.470. The zero-order valence-corrected chi connectivity index (χ0v) is 18.5. The third kappa shape index (κ3) is 4.22. The number of sulfonamides is 1. The Kier molecular flexibility index (Phi) is 5.61. The maximum atomic E-state index is 13.3. The van der Waals surface area contributed by atoms with Crippen molar-refractivity contribution in [2.24, 2.45) is 0 Å². The Bertz CT molecular complexity index is 1380. The van der Waals surface area contributed by atoms with Gasteiger partial charge in [0.1, 0.15) is 4.90 Å². The van der Waals surface area contributed by atoms with E-state index in [9.17, 15) is 13.2 Å². The number of nitrogens with one attached hydrogen (secondary N) is 2. The van der Waals surface area contributed by atoms with E-state index >= 15 is 0 Å². The predicted octanol–water partition coefficient (Wildman–Crippen LogP) is 2.60. The molecule has 1 amide bonds. The van der Waals surface area contributed by atoms with Crippen molar-refractivity contribution in [2.45, 2.75) is 23.8 Å². The van der Waals surface area contributed by atoms with E-state index in [1.165, 1.54) is 10.5 Å². The van der Waals surface area contributed by atoms with Crippen LogP contribution in [-0.2, 0) is 10.0 Å². The maximum Gasteiger partial charge on any atom is 0.253 e. The van der Waals surface area contributed by atoms with Crippen molar-refractivity contribution < 1.29 is 13.2 Å². The van der Waals surface area contributed by atoms with E-state index < -0.39 is 10.0 Å². The van der Waals surface area contributed by atoms with Crippen LogP contribution < -0.4 is 5.32 Å². The van der Waals surface area contributed by atoms with Crippen LogP contribution in [0.1, 0.15) is 23.2 Å². The number of hydrogen-bond donors (Lipinski definition) is 2. The summed E-state index contributed by atoms with van der Waals surface area (Å²) >= 11 is 0. The number of rotatable bonds is 5. The van der Waals surface area contributed by atoms with Crippen LogP contribution in [0.4, 0.5) is 0 Å². The van der Waals surface area contributed by atoms with Crippen LogP contribution in [0, 0.1) is 0 Å². The molecule has 3 aromatic heterocycles. The fourth-order valence-corrected chi connectivity index (χ4v) is 5.48. The second-order valence-corrected chi connectivity index (χ2v) is 9.84. The number of fused-ring (bicyclic) bond motifs is 1. The second kappa shape index (κ2) is 8.72. The summed E-state index contributed by atoms with van der Waals surface area (Å²) in [5.41, 5.74) is 2.53. The lowest BCUT2D eigenvalue weighted by atomic mass is 10.0. The number of para-hydroxylation sites is 1. The van der Waals surface area contributed by atoms with Crippen LogP contribution in [-0.4, -0.2) is 57.9 Å². The molecule has 4 aromatic rings. The molecule has 0 atom stereocenters. The van der Waals surface area contributed by atoms with Crippen LogP contribution in [0.5, 0.6) is 0 Å². The van der Waals surface area contributed by atoms with Crippen molar-refractivity contribution in [3.63, 3.8) is 0 Å². The van der Waals surface area contributed by atoms with Gasteiger partial charge < -0.3 is 5.32 Å². The van der Waals surface area contributed by atoms with Gasteiger partial charge in [0.15, 0.2) is 0 Å². The molecule has 1 fully saturated rings. The minimum atomic E-state index is -3.59. The van der Waals surface area contributed by atoms with Gasteiger partial charge in [0.2, 0.25) is 10.0 Å². The molecule has 0 unspecified atom stereocenters. The van der Waals surface area contributed by atoms with E-state index in [0.717, 1.165) is 16.5 Å². The average molecular weight is 463 g/mol. The summed E-state index contributed by atoms with van der Waals surface area (Å²) < 4.78 is 27.1. The maximum absolute atomic E-state index is 13.3. The Hall–Kier alpha value is -3.63. The number of piperidine rings is 1. The van der Waals surface area contributed by atoms with E-state index in [0.29, 0.717) is 37.2 Å². The first-order valence-electron chi connectivity index (χ1n) is 10.6. The molecule has 1 aliphatic heterocycles. The fraction of sp³-hybridized carbons (Fsp3) is 0.217. The number of aromatic amines is 1. The van der Waals surface area contributed by atoms with Crippen molar-refractivity contribution in [1.82, 2.24) is 29.8 Å². The fourth-order valence-electron chi connectivity index (χ4n) is 4.04. The van der Waals surface area contributed by atoms with Crippen molar-refractivity contribution in [1.29, 1.82) is 0 Å². The molecule has 4 heterocycles. The van der Waals surface area contributed by atoms with Gasteiger partial charge in [-0.2, -0.15) is 9.40 Å². The zero-order chi connectivity index (χ0) is 22.8. The Labute approximate surface area is 190 Å². The molecule has 0 saturated carbocycles. The molecule has 168 valence electrons. The molecule has 10 heteroatoms. The number of carbonyl (C=O) groups excluding carboxylic acids is 1. The molecule has 0 bridgehead atoms. The van der Waals surface area contributed by atoms with Gasteiger partial charge in [-0.15, -0.1) is 0 Å². The van der Waals surface area contributed by atoms with Crippen molar-refractivity contribution in [3.8, 4) is 11.3 Å². The number of H-pyrrole nitrogens is 1. The van der Waals surface area contributed by atoms with Crippen LogP contribution in [0.2, 0.25) is 0 Å². The van der Waals surface area contributed by atoms with E-state index in [1.807, 2.05) is 30.3 Å². The van der Waals surface area contributed by atoms with E-state index in [-0.39, 0.29) is 16.8 Å². The predicted molar refractivity (Wildman–Crippen MR) is 123 cm³/mol. The summed E-state index contributed by atoms with van der Waals surface area (Å²) in [4.78, 5) is 22.0. The first-order chi connectivity index (χ1) is 16.0. The molecule has 1 saturated heterocycles. The normalized spacial score (nSPS) is 15.5. The van der Waals surface area contributed by atoms with Crippen molar-refractivity contribution >= 4 is 26.8 Å². The van der Waals surface area contributed by atoms with E-state index in [4.69, 9.17) is 4.98 Å². The minimum Gasteiger partial charge on any atom is -0.349 e. The van der Waals surface area contributed by atoms with Gasteiger partial charge in [0.05, 0.1) is 23.0 Å². The lowest BCUT2D eigenvalue weighted by Gasteiger charge is -2.31. The van der Waals surface area contributed by atoms with Gasteiger partial charge >= 0.3 is 0 Å². The number of hydrogen-bond acceptors (Lipinski definition) is 6. The smallest absolute Gasteiger partial charge is 0.253 e. The summed E-state index contributed by atoms with van der Waals surface area (Å²) in [6, 6.07) is 12.5. The Morgan fingerprint density at radius 2 is 1.91 bits per heavy atom. The molecular formula is C23H22N6O3S. The Morgan fingerprint density at radius 1 is 1.09 bits per heavy atom. The van der Waals surface area contributed by atoms with Crippen molar-refractivity contribution in [3.05, 3.63) is 72.8 Å². The van der Waals surface area contributed by atoms with Gasteiger partial charge in [-0.1, -0.05) is 18.2 Å². The highest BCUT2D eigenvalue weighted by Gasteiger charge is 2.30. The standard InChI is InChI=1S/C23H22N6O3S/c30-23(20-12-16-4-1-2-6-21(16)28-22(20)17-13-25-26-14-17)27-18-7-10-29(11-8-18)33(31,32)19-5-3-9-24-15-19/h1-6,9,12-15,18H,7-8,10-11H2,(H,25,26)(H,27,30). The third-order valence-corrected chi connectivity index (χ3v) is 7.68. The molecular weight excluding hydrogens is 440 g/mol. The number of benzene rings is 1. The van der Waals surface area contributed by atoms with E-state index in [1.54, 1.807) is 30.7 Å².